The van der Waals surface area contributed by atoms with Gasteiger partial charge in [-0.25, -0.2) is 0 Å². The zero-order valence-corrected chi connectivity index (χ0v) is 12.9. The Balaban J connectivity index is 2.61. The maximum absolute atomic E-state index is 11.7. The lowest BCUT2D eigenvalue weighted by Crippen LogP contribution is -2.41. The molecule has 4 nitrogen and oxygen atoms in total. The maximum Gasteiger partial charge on any atom is 0.230 e. The minimum atomic E-state index is -0.199. The second-order valence-corrected chi connectivity index (χ2v) is 6.15. The summed E-state index contributed by atoms with van der Waals surface area (Å²) in [6.07, 6.45) is 0. The van der Waals surface area contributed by atoms with Gasteiger partial charge in [-0.15, -0.1) is 11.8 Å². The van der Waals surface area contributed by atoms with E-state index in [4.69, 9.17) is 9.47 Å². The third-order valence-corrected chi connectivity index (χ3v) is 3.23. The Hall–Kier alpha value is -1.36. The van der Waals surface area contributed by atoms with E-state index in [0.29, 0.717) is 17.3 Å². The summed E-state index contributed by atoms with van der Waals surface area (Å²) in [5.74, 6) is 1.76. The van der Waals surface area contributed by atoms with E-state index in [0.717, 1.165) is 4.90 Å². The van der Waals surface area contributed by atoms with Crippen molar-refractivity contribution in [2.24, 2.45) is 0 Å². The van der Waals surface area contributed by atoms with Crippen molar-refractivity contribution in [3.05, 3.63) is 18.2 Å². The molecule has 106 valence electrons. The van der Waals surface area contributed by atoms with Gasteiger partial charge in [0.25, 0.3) is 0 Å². The van der Waals surface area contributed by atoms with Crippen molar-refractivity contribution in [2.75, 3.05) is 20.0 Å². The number of nitrogens with one attached hydrogen (secondary N) is 1. The first kappa shape index (κ1) is 15.7. The average Bonchev–Trinajstić information content (AvgIpc) is 2.33. The molecule has 0 heterocycles. The van der Waals surface area contributed by atoms with Gasteiger partial charge < -0.3 is 14.8 Å². The minimum absolute atomic E-state index is 0.0206. The van der Waals surface area contributed by atoms with Crippen LogP contribution in [0.5, 0.6) is 11.5 Å². The van der Waals surface area contributed by atoms with E-state index in [2.05, 4.69) is 5.32 Å². The normalized spacial score (nSPS) is 11.0. The molecule has 0 radical (unpaired) electrons. The van der Waals surface area contributed by atoms with Crippen molar-refractivity contribution in [1.29, 1.82) is 0 Å². The quantitative estimate of drug-likeness (QED) is 0.844. The van der Waals surface area contributed by atoms with Crippen molar-refractivity contribution in [3.8, 4) is 11.5 Å². The molecule has 19 heavy (non-hydrogen) atoms. The van der Waals surface area contributed by atoms with E-state index in [9.17, 15) is 4.79 Å². The van der Waals surface area contributed by atoms with Crippen molar-refractivity contribution < 1.29 is 14.3 Å². The Morgan fingerprint density at radius 2 is 1.84 bits per heavy atom. The van der Waals surface area contributed by atoms with Gasteiger partial charge in [-0.3, -0.25) is 4.79 Å². The zero-order chi connectivity index (χ0) is 14.5. The number of hydrogen-bond donors (Lipinski definition) is 1. The second kappa shape index (κ2) is 6.70. The Bertz CT molecular complexity index is 441. The number of amides is 1. The highest BCUT2D eigenvalue weighted by atomic mass is 32.2. The smallest absolute Gasteiger partial charge is 0.230 e. The fraction of sp³-hybridized carbons (Fsp3) is 0.500. The zero-order valence-electron chi connectivity index (χ0n) is 12.1. The van der Waals surface area contributed by atoms with Crippen molar-refractivity contribution in [3.63, 3.8) is 0 Å². The van der Waals surface area contributed by atoms with Crippen LogP contribution < -0.4 is 14.8 Å². The minimum Gasteiger partial charge on any atom is -0.493 e. The maximum atomic E-state index is 11.7. The lowest BCUT2D eigenvalue weighted by molar-refractivity contribution is -0.119. The van der Waals surface area contributed by atoms with E-state index in [-0.39, 0.29) is 11.4 Å². The van der Waals surface area contributed by atoms with E-state index in [1.807, 2.05) is 39.0 Å². The highest BCUT2D eigenvalue weighted by Crippen LogP contribution is 2.31. The van der Waals surface area contributed by atoms with Gasteiger partial charge in [0.2, 0.25) is 5.91 Å². The molecule has 0 aliphatic rings. The highest BCUT2D eigenvalue weighted by molar-refractivity contribution is 8.00. The van der Waals surface area contributed by atoms with E-state index in [1.54, 1.807) is 14.2 Å². The van der Waals surface area contributed by atoms with E-state index < -0.39 is 0 Å². The molecule has 0 aromatic heterocycles. The summed E-state index contributed by atoms with van der Waals surface area (Å²) >= 11 is 1.47. The van der Waals surface area contributed by atoms with Gasteiger partial charge in [-0.2, -0.15) is 0 Å². The van der Waals surface area contributed by atoms with Crippen LogP contribution in [0.3, 0.4) is 0 Å². The molecule has 1 N–H and O–H groups in total. The molecule has 0 atom stereocenters. The van der Waals surface area contributed by atoms with Crippen LogP contribution in [0.2, 0.25) is 0 Å². The highest BCUT2D eigenvalue weighted by Gasteiger charge is 2.14. The lowest BCUT2D eigenvalue weighted by atomic mass is 10.1. The predicted molar refractivity (Wildman–Crippen MR) is 78.2 cm³/mol. The first-order valence-corrected chi connectivity index (χ1v) is 7.00. The molecule has 0 spiro atoms. The molecule has 0 aliphatic heterocycles. The first-order valence-electron chi connectivity index (χ1n) is 6.01. The van der Waals surface area contributed by atoms with Crippen LogP contribution in [-0.4, -0.2) is 31.4 Å². The number of benzene rings is 1. The molecular formula is C14H21NO3S. The van der Waals surface area contributed by atoms with Gasteiger partial charge in [-0.05, 0) is 39.0 Å². The lowest BCUT2D eigenvalue weighted by Gasteiger charge is -2.20. The van der Waals surface area contributed by atoms with Gasteiger partial charge >= 0.3 is 0 Å². The summed E-state index contributed by atoms with van der Waals surface area (Å²) in [6, 6.07) is 5.62. The molecule has 5 heteroatoms. The van der Waals surface area contributed by atoms with Crippen LogP contribution in [0.4, 0.5) is 0 Å². The largest absolute Gasteiger partial charge is 0.493 e. The summed E-state index contributed by atoms with van der Waals surface area (Å²) < 4.78 is 10.4. The predicted octanol–water partition coefficient (Wildman–Crippen LogP) is 2.71. The number of thioether (sulfide) groups is 1. The monoisotopic (exact) mass is 283 g/mol. The second-order valence-electron chi connectivity index (χ2n) is 5.10. The van der Waals surface area contributed by atoms with Crippen LogP contribution in [-0.2, 0) is 4.79 Å². The van der Waals surface area contributed by atoms with Crippen LogP contribution in [0.1, 0.15) is 20.8 Å². The third kappa shape index (κ3) is 5.42. The molecule has 0 bridgehead atoms. The number of hydrogen-bond acceptors (Lipinski definition) is 4. The summed E-state index contributed by atoms with van der Waals surface area (Å²) in [4.78, 5) is 12.7. The Morgan fingerprint density at radius 1 is 1.21 bits per heavy atom. The molecule has 0 aliphatic carbocycles. The number of ether oxygens (including phenoxy) is 2. The summed E-state index contributed by atoms with van der Waals surface area (Å²) in [7, 11) is 3.19. The molecule has 0 fully saturated rings. The Kier molecular flexibility index (Phi) is 5.54. The van der Waals surface area contributed by atoms with Crippen molar-refractivity contribution in [1.82, 2.24) is 5.32 Å². The summed E-state index contributed by atoms with van der Waals surface area (Å²) in [6.45, 7) is 5.89. The van der Waals surface area contributed by atoms with Gasteiger partial charge in [0.05, 0.1) is 20.0 Å². The van der Waals surface area contributed by atoms with Crippen molar-refractivity contribution in [2.45, 2.75) is 31.2 Å². The first-order chi connectivity index (χ1) is 8.85. The van der Waals surface area contributed by atoms with Gasteiger partial charge in [0.15, 0.2) is 11.5 Å². The average molecular weight is 283 g/mol. The van der Waals surface area contributed by atoms with Crippen LogP contribution in [0.25, 0.3) is 0 Å². The van der Waals surface area contributed by atoms with Crippen LogP contribution in [0, 0.1) is 0 Å². The number of carbonyl (C=O) groups is 1. The molecule has 1 aromatic rings. The van der Waals surface area contributed by atoms with E-state index in [1.165, 1.54) is 11.8 Å². The molecule has 1 aromatic carbocycles. The molecule has 0 saturated heterocycles. The fourth-order valence-electron chi connectivity index (χ4n) is 1.51. The molecule has 1 rings (SSSR count). The number of methoxy groups -OCH3 is 2. The van der Waals surface area contributed by atoms with Gasteiger partial charge in [0.1, 0.15) is 0 Å². The topological polar surface area (TPSA) is 47.6 Å². The van der Waals surface area contributed by atoms with E-state index >= 15 is 0 Å². The van der Waals surface area contributed by atoms with Gasteiger partial charge in [-0.1, -0.05) is 0 Å². The van der Waals surface area contributed by atoms with Gasteiger partial charge in [0, 0.05) is 10.4 Å². The number of carbonyl (C=O) groups excluding carboxylic acids is 1. The SMILES string of the molecule is COc1ccc(SCC(=O)NC(C)(C)C)cc1OC. The fourth-order valence-corrected chi connectivity index (χ4v) is 2.23. The molecular weight excluding hydrogens is 262 g/mol. The molecule has 1 amide bonds. The van der Waals surface area contributed by atoms with Crippen LogP contribution >= 0.6 is 11.8 Å². The summed E-state index contributed by atoms with van der Waals surface area (Å²) in [5.41, 5.74) is -0.199. The standard InChI is InChI=1S/C14H21NO3S/c1-14(2,3)15-13(16)9-19-10-6-7-11(17-4)12(8-10)18-5/h6-8H,9H2,1-5H3,(H,15,16). The number of rotatable bonds is 5. The Morgan fingerprint density at radius 3 is 2.37 bits per heavy atom. The van der Waals surface area contributed by atoms with Crippen LogP contribution in [0.15, 0.2) is 23.1 Å². The summed E-state index contributed by atoms with van der Waals surface area (Å²) in [5, 5.41) is 2.92. The Labute approximate surface area is 118 Å². The molecule has 0 saturated carbocycles. The molecule has 0 unspecified atom stereocenters. The van der Waals surface area contributed by atoms with Crippen molar-refractivity contribution >= 4 is 17.7 Å². The third-order valence-electron chi connectivity index (χ3n) is 2.24.